The van der Waals surface area contributed by atoms with E-state index in [2.05, 4.69) is 15.6 Å². The predicted octanol–water partition coefficient (Wildman–Crippen LogP) is 2.98. The van der Waals surface area contributed by atoms with Crippen LogP contribution in [0.1, 0.15) is 21.6 Å². The Morgan fingerprint density at radius 3 is 2.75 bits per heavy atom. The highest BCUT2D eigenvalue weighted by molar-refractivity contribution is 7.14. The summed E-state index contributed by atoms with van der Waals surface area (Å²) >= 11 is 1.29. The van der Waals surface area contributed by atoms with Crippen LogP contribution in [0.4, 0.5) is 5.13 Å². The van der Waals surface area contributed by atoms with E-state index in [0.717, 1.165) is 5.56 Å². The minimum absolute atomic E-state index is 0.141. The van der Waals surface area contributed by atoms with E-state index < -0.39 is 0 Å². The number of aromatic nitrogens is 1. The van der Waals surface area contributed by atoms with Crippen LogP contribution >= 0.6 is 11.3 Å². The Morgan fingerprint density at radius 1 is 1.07 bits per heavy atom. The first-order chi connectivity index (χ1) is 13.7. The van der Waals surface area contributed by atoms with Gasteiger partial charge in [0.15, 0.2) is 16.6 Å². The van der Waals surface area contributed by atoms with Gasteiger partial charge in [-0.1, -0.05) is 24.3 Å². The summed E-state index contributed by atoms with van der Waals surface area (Å²) in [7, 11) is 0. The second kappa shape index (κ2) is 8.10. The van der Waals surface area contributed by atoms with Crippen LogP contribution in [-0.2, 0) is 17.8 Å². The maximum absolute atomic E-state index is 12.2. The monoisotopic (exact) mass is 395 g/mol. The number of amides is 2. The molecule has 2 heterocycles. The quantitative estimate of drug-likeness (QED) is 0.670. The zero-order chi connectivity index (χ0) is 19.3. The average molecular weight is 395 g/mol. The number of anilines is 1. The molecule has 2 aromatic carbocycles. The molecule has 0 unspecified atom stereocenters. The van der Waals surface area contributed by atoms with Crippen molar-refractivity contribution in [1.29, 1.82) is 0 Å². The average Bonchev–Trinajstić information content (AvgIpc) is 3.36. The summed E-state index contributed by atoms with van der Waals surface area (Å²) < 4.78 is 10.6. The number of hydrogen-bond donors (Lipinski definition) is 2. The zero-order valence-electron chi connectivity index (χ0n) is 14.8. The van der Waals surface area contributed by atoms with Crippen molar-refractivity contribution in [3.63, 3.8) is 0 Å². The van der Waals surface area contributed by atoms with Crippen molar-refractivity contribution < 1.29 is 19.1 Å². The number of thiazole rings is 1. The highest BCUT2D eigenvalue weighted by Crippen LogP contribution is 2.32. The normalized spacial score (nSPS) is 11.9. The molecule has 0 saturated heterocycles. The molecule has 2 N–H and O–H groups in total. The lowest BCUT2D eigenvalue weighted by Crippen LogP contribution is -2.24. The first kappa shape index (κ1) is 18.0. The molecule has 142 valence electrons. The van der Waals surface area contributed by atoms with Gasteiger partial charge in [-0.3, -0.25) is 14.9 Å². The van der Waals surface area contributed by atoms with Gasteiger partial charge in [0.2, 0.25) is 12.7 Å². The van der Waals surface area contributed by atoms with Gasteiger partial charge >= 0.3 is 0 Å². The lowest BCUT2D eigenvalue weighted by atomic mass is 10.2. The van der Waals surface area contributed by atoms with Crippen molar-refractivity contribution in [2.75, 3.05) is 12.1 Å². The Labute approximate surface area is 165 Å². The summed E-state index contributed by atoms with van der Waals surface area (Å²) in [6.45, 7) is 0.606. The summed E-state index contributed by atoms with van der Waals surface area (Å²) in [5, 5.41) is 7.83. The smallest absolute Gasteiger partial charge is 0.257 e. The Bertz CT molecular complexity index is 1000. The van der Waals surface area contributed by atoms with Crippen molar-refractivity contribution in [3.8, 4) is 11.5 Å². The fraction of sp³-hybridized carbons (Fsp3) is 0.150. The van der Waals surface area contributed by atoms with Crippen LogP contribution in [-0.4, -0.2) is 23.6 Å². The molecule has 7 nitrogen and oxygen atoms in total. The third-order valence-electron chi connectivity index (χ3n) is 4.08. The fourth-order valence-corrected chi connectivity index (χ4v) is 3.39. The first-order valence-electron chi connectivity index (χ1n) is 8.63. The van der Waals surface area contributed by atoms with Gasteiger partial charge in [0.1, 0.15) is 0 Å². The molecule has 0 aliphatic carbocycles. The van der Waals surface area contributed by atoms with Crippen molar-refractivity contribution in [3.05, 3.63) is 70.7 Å². The molecule has 4 rings (SSSR count). The minimum Gasteiger partial charge on any atom is -0.454 e. The van der Waals surface area contributed by atoms with Gasteiger partial charge in [-0.15, -0.1) is 11.3 Å². The van der Waals surface area contributed by atoms with E-state index in [4.69, 9.17) is 9.47 Å². The summed E-state index contributed by atoms with van der Waals surface area (Å²) in [6.07, 6.45) is 0.141. The minimum atomic E-state index is -0.228. The molecule has 1 aromatic heterocycles. The van der Waals surface area contributed by atoms with E-state index in [0.29, 0.717) is 34.4 Å². The van der Waals surface area contributed by atoms with Gasteiger partial charge in [0.25, 0.3) is 5.91 Å². The van der Waals surface area contributed by atoms with Crippen LogP contribution in [0, 0.1) is 0 Å². The Hall–Kier alpha value is -3.39. The third-order valence-corrected chi connectivity index (χ3v) is 4.88. The number of rotatable bonds is 6. The molecule has 3 aromatic rings. The fourth-order valence-electron chi connectivity index (χ4n) is 2.68. The molecule has 0 fully saturated rings. The number of fused-ring (bicyclic) bond motifs is 1. The summed E-state index contributed by atoms with van der Waals surface area (Å²) in [4.78, 5) is 28.6. The van der Waals surface area contributed by atoms with Crippen molar-refractivity contribution in [1.82, 2.24) is 10.3 Å². The van der Waals surface area contributed by atoms with Crippen molar-refractivity contribution in [2.45, 2.75) is 13.0 Å². The standard InChI is InChI=1S/C20H17N3O4S/c24-18(21-10-13-6-7-16-17(8-13)27-12-26-16)9-15-11-28-20(22-15)23-19(25)14-4-2-1-3-5-14/h1-8,11H,9-10,12H2,(H,21,24)(H,22,23,25). The van der Waals surface area contributed by atoms with Crippen molar-refractivity contribution in [2.24, 2.45) is 0 Å². The van der Waals surface area contributed by atoms with E-state index in [9.17, 15) is 9.59 Å². The van der Waals surface area contributed by atoms with Gasteiger partial charge in [-0.2, -0.15) is 0 Å². The van der Waals surface area contributed by atoms with Gasteiger partial charge in [0, 0.05) is 17.5 Å². The second-order valence-corrected chi connectivity index (χ2v) is 6.96. The van der Waals surface area contributed by atoms with E-state index in [-0.39, 0.29) is 25.0 Å². The molecular formula is C20H17N3O4S. The molecule has 1 aliphatic heterocycles. The largest absolute Gasteiger partial charge is 0.454 e. The molecule has 0 atom stereocenters. The topological polar surface area (TPSA) is 89.6 Å². The SMILES string of the molecule is O=C(Cc1csc(NC(=O)c2ccccc2)n1)NCc1ccc2c(c1)OCO2. The number of ether oxygens (including phenoxy) is 2. The van der Waals surface area contributed by atoms with Crippen LogP contribution in [0.25, 0.3) is 0 Å². The highest BCUT2D eigenvalue weighted by atomic mass is 32.1. The maximum atomic E-state index is 12.2. The molecule has 0 spiro atoms. The number of carbonyl (C=O) groups excluding carboxylic acids is 2. The zero-order valence-corrected chi connectivity index (χ0v) is 15.6. The Kier molecular flexibility index (Phi) is 5.20. The summed E-state index contributed by atoms with van der Waals surface area (Å²) in [5.74, 6) is 1.02. The number of carbonyl (C=O) groups is 2. The van der Waals surface area contributed by atoms with E-state index in [1.807, 2.05) is 24.3 Å². The molecule has 2 amide bonds. The number of nitrogens with zero attached hydrogens (tertiary/aromatic N) is 1. The number of nitrogens with one attached hydrogen (secondary N) is 2. The third kappa shape index (κ3) is 4.29. The van der Waals surface area contributed by atoms with Crippen LogP contribution < -0.4 is 20.1 Å². The molecule has 1 aliphatic rings. The number of benzene rings is 2. The Morgan fingerprint density at radius 2 is 1.89 bits per heavy atom. The van der Waals surface area contributed by atoms with E-state index in [1.165, 1.54) is 11.3 Å². The molecule has 8 heteroatoms. The van der Waals surface area contributed by atoms with Gasteiger partial charge in [-0.25, -0.2) is 4.98 Å². The highest BCUT2D eigenvalue weighted by Gasteiger charge is 2.14. The first-order valence-corrected chi connectivity index (χ1v) is 9.51. The predicted molar refractivity (Wildman–Crippen MR) is 105 cm³/mol. The molecule has 0 bridgehead atoms. The lowest BCUT2D eigenvalue weighted by Gasteiger charge is -2.05. The lowest BCUT2D eigenvalue weighted by molar-refractivity contribution is -0.120. The molecule has 0 radical (unpaired) electrons. The van der Waals surface area contributed by atoms with Crippen LogP contribution in [0.2, 0.25) is 0 Å². The van der Waals surface area contributed by atoms with E-state index >= 15 is 0 Å². The van der Waals surface area contributed by atoms with Gasteiger partial charge in [-0.05, 0) is 29.8 Å². The van der Waals surface area contributed by atoms with Crippen LogP contribution in [0.15, 0.2) is 53.9 Å². The molecule has 28 heavy (non-hydrogen) atoms. The van der Waals surface area contributed by atoms with Gasteiger partial charge in [0.05, 0.1) is 12.1 Å². The maximum Gasteiger partial charge on any atom is 0.257 e. The van der Waals surface area contributed by atoms with Crippen molar-refractivity contribution >= 4 is 28.3 Å². The molecular weight excluding hydrogens is 378 g/mol. The Balaban J connectivity index is 1.28. The van der Waals surface area contributed by atoms with Crippen LogP contribution in [0.5, 0.6) is 11.5 Å². The number of hydrogen-bond acceptors (Lipinski definition) is 6. The second-order valence-electron chi connectivity index (χ2n) is 6.11. The van der Waals surface area contributed by atoms with Crippen LogP contribution in [0.3, 0.4) is 0 Å². The summed E-state index contributed by atoms with van der Waals surface area (Å²) in [5.41, 5.74) is 2.09. The van der Waals surface area contributed by atoms with E-state index in [1.54, 1.807) is 29.6 Å². The summed E-state index contributed by atoms with van der Waals surface area (Å²) in [6, 6.07) is 14.5. The van der Waals surface area contributed by atoms with Gasteiger partial charge < -0.3 is 14.8 Å². The molecule has 0 saturated carbocycles.